The second-order valence-corrected chi connectivity index (χ2v) is 5.42. The Morgan fingerprint density at radius 1 is 1.44 bits per heavy atom. The molecule has 0 bridgehead atoms. The average Bonchev–Trinajstić information content (AvgIpc) is 2.76. The Balaban J connectivity index is 1.96. The lowest BCUT2D eigenvalue weighted by Crippen LogP contribution is -2.39. The summed E-state index contributed by atoms with van der Waals surface area (Å²) in [5, 5.41) is 10.4. The molecule has 1 aromatic heterocycles. The third-order valence-corrected chi connectivity index (χ3v) is 3.72. The van der Waals surface area contributed by atoms with Crippen molar-refractivity contribution in [1.82, 2.24) is 9.88 Å². The standard InChI is InChI=1S/C14H23N3O/c1-17(11-14(18)6-2-3-7-14)10-12-5-4-8-16-13(12)9-15/h4-5,8,18H,2-3,6-7,9-11,15H2,1H3. The van der Waals surface area contributed by atoms with E-state index >= 15 is 0 Å². The topological polar surface area (TPSA) is 62.4 Å². The van der Waals surface area contributed by atoms with E-state index in [1.165, 1.54) is 0 Å². The van der Waals surface area contributed by atoms with Gasteiger partial charge < -0.3 is 10.8 Å². The molecule has 3 N–H and O–H groups in total. The zero-order valence-electron chi connectivity index (χ0n) is 11.1. The molecule has 18 heavy (non-hydrogen) atoms. The second kappa shape index (κ2) is 5.78. The van der Waals surface area contributed by atoms with E-state index in [0.717, 1.165) is 50.0 Å². The summed E-state index contributed by atoms with van der Waals surface area (Å²) in [5.41, 5.74) is 7.30. The molecule has 0 amide bonds. The van der Waals surface area contributed by atoms with Crippen LogP contribution in [-0.2, 0) is 13.1 Å². The largest absolute Gasteiger partial charge is 0.389 e. The summed E-state index contributed by atoms with van der Waals surface area (Å²) in [6, 6.07) is 4.00. The van der Waals surface area contributed by atoms with E-state index < -0.39 is 5.60 Å². The third kappa shape index (κ3) is 3.28. The summed E-state index contributed by atoms with van der Waals surface area (Å²) in [4.78, 5) is 6.45. The van der Waals surface area contributed by atoms with E-state index in [1.807, 2.05) is 13.1 Å². The van der Waals surface area contributed by atoms with Gasteiger partial charge in [0.05, 0.1) is 11.3 Å². The van der Waals surface area contributed by atoms with Crippen molar-refractivity contribution in [2.24, 2.45) is 5.73 Å². The number of hydrogen-bond donors (Lipinski definition) is 2. The maximum atomic E-state index is 10.4. The van der Waals surface area contributed by atoms with Crippen molar-refractivity contribution in [1.29, 1.82) is 0 Å². The van der Waals surface area contributed by atoms with Crippen molar-refractivity contribution in [2.45, 2.75) is 44.4 Å². The summed E-state index contributed by atoms with van der Waals surface area (Å²) in [6.07, 6.45) is 5.91. The molecule has 0 atom stereocenters. The molecular formula is C14H23N3O. The maximum Gasteiger partial charge on any atom is 0.0774 e. The molecule has 2 rings (SSSR count). The molecule has 1 fully saturated rings. The van der Waals surface area contributed by atoms with Crippen molar-refractivity contribution in [3.63, 3.8) is 0 Å². The Morgan fingerprint density at radius 3 is 2.83 bits per heavy atom. The van der Waals surface area contributed by atoms with E-state index in [4.69, 9.17) is 5.73 Å². The Hall–Kier alpha value is -0.970. The van der Waals surface area contributed by atoms with Gasteiger partial charge in [-0.25, -0.2) is 0 Å². The highest BCUT2D eigenvalue weighted by molar-refractivity contribution is 5.19. The lowest BCUT2D eigenvalue weighted by atomic mass is 10.0. The molecule has 1 aromatic rings. The van der Waals surface area contributed by atoms with E-state index in [9.17, 15) is 5.11 Å². The van der Waals surface area contributed by atoms with Crippen LogP contribution in [0.5, 0.6) is 0 Å². The second-order valence-electron chi connectivity index (χ2n) is 5.42. The quantitative estimate of drug-likeness (QED) is 0.825. The van der Waals surface area contributed by atoms with E-state index in [1.54, 1.807) is 6.20 Å². The Morgan fingerprint density at radius 2 is 2.17 bits per heavy atom. The minimum atomic E-state index is -0.486. The Kier molecular flexibility index (Phi) is 4.32. The van der Waals surface area contributed by atoms with Gasteiger partial charge in [0.15, 0.2) is 0 Å². The van der Waals surface area contributed by atoms with Gasteiger partial charge in [-0.2, -0.15) is 0 Å². The molecular weight excluding hydrogens is 226 g/mol. The van der Waals surface area contributed by atoms with Crippen LogP contribution in [0.25, 0.3) is 0 Å². The number of nitrogens with two attached hydrogens (primary N) is 1. The molecule has 1 heterocycles. The summed E-state index contributed by atoms with van der Waals surface area (Å²) in [5.74, 6) is 0. The molecule has 0 spiro atoms. The van der Waals surface area contributed by atoms with E-state index in [2.05, 4.69) is 16.0 Å². The van der Waals surface area contributed by atoms with Crippen LogP contribution in [0.4, 0.5) is 0 Å². The first-order valence-electron chi connectivity index (χ1n) is 6.67. The molecule has 1 saturated carbocycles. The zero-order chi connectivity index (χ0) is 13.0. The number of likely N-dealkylation sites (N-methyl/N-ethyl adjacent to an activating group) is 1. The van der Waals surface area contributed by atoms with Gasteiger partial charge in [-0.05, 0) is 31.5 Å². The minimum Gasteiger partial charge on any atom is -0.389 e. The summed E-state index contributed by atoms with van der Waals surface area (Å²) >= 11 is 0. The fraction of sp³-hybridized carbons (Fsp3) is 0.643. The molecule has 0 saturated heterocycles. The normalized spacial score (nSPS) is 18.4. The maximum absolute atomic E-state index is 10.4. The number of aromatic nitrogens is 1. The summed E-state index contributed by atoms with van der Waals surface area (Å²) in [6.45, 7) is 1.99. The molecule has 0 aromatic carbocycles. The SMILES string of the molecule is CN(Cc1cccnc1CN)CC1(O)CCCC1. The molecule has 4 nitrogen and oxygen atoms in total. The highest BCUT2D eigenvalue weighted by atomic mass is 16.3. The molecule has 1 aliphatic rings. The Labute approximate surface area is 109 Å². The van der Waals surface area contributed by atoms with Gasteiger partial charge in [0.1, 0.15) is 0 Å². The first-order valence-corrected chi connectivity index (χ1v) is 6.67. The number of nitrogens with zero attached hydrogens (tertiary/aromatic N) is 2. The molecule has 100 valence electrons. The van der Waals surface area contributed by atoms with Crippen LogP contribution >= 0.6 is 0 Å². The molecule has 0 aliphatic heterocycles. The summed E-state index contributed by atoms with van der Waals surface area (Å²) < 4.78 is 0. The highest BCUT2D eigenvalue weighted by Gasteiger charge is 2.32. The van der Waals surface area contributed by atoms with Crippen molar-refractivity contribution in [2.75, 3.05) is 13.6 Å². The molecule has 0 unspecified atom stereocenters. The monoisotopic (exact) mass is 249 g/mol. The van der Waals surface area contributed by atoms with E-state index in [0.29, 0.717) is 6.54 Å². The van der Waals surface area contributed by atoms with Crippen LogP contribution in [-0.4, -0.2) is 34.2 Å². The van der Waals surface area contributed by atoms with Gasteiger partial charge in [-0.3, -0.25) is 9.88 Å². The van der Waals surface area contributed by atoms with Crippen LogP contribution in [0.15, 0.2) is 18.3 Å². The predicted molar refractivity (Wildman–Crippen MR) is 71.9 cm³/mol. The van der Waals surface area contributed by atoms with Gasteiger partial charge in [-0.15, -0.1) is 0 Å². The van der Waals surface area contributed by atoms with Gasteiger partial charge >= 0.3 is 0 Å². The lowest BCUT2D eigenvalue weighted by molar-refractivity contribution is 0.0144. The van der Waals surface area contributed by atoms with Crippen molar-refractivity contribution < 1.29 is 5.11 Å². The molecule has 0 radical (unpaired) electrons. The van der Waals surface area contributed by atoms with Crippen molar-refractivity contribution in [3.8, 4) is 0 Å². The van der Waals surface area contributed by atoms with Gasteiger partial charge in [-0.1, -0.05) is 18.9 Å². The fourth-order valence-electron chi connectivity index (χ4n) is 2.84. The zero-order valence-corrected chi connectivity index (χ0v) is 11.1. The van der Waals surface area contributed by atoms with Crippen molar-refractivity contribution in [3.05, 3.63) is 29.6 Å². The number of hydrogen-bond acceptors (Lipinski definition) is 4. The average molecular weight is 249 g/mol. The fourth-order valence-corrected chi connectivity index (χ4v) is 2.84. The first-order chi connectivity index (χ1) is 8.63. The molecule has 1 aliphatic carbocycles. The van der Waals surface area contributed by atoms with Crippen LogP contribution in [0.1, 0.15) is 36.9 Å². The van der Waals surface area contributed by atoms with Crippen LogP contribution in [0, 0.1) is 0 Å². The van der Waals surface area contributed by atoms with Gasteiger partial charge in [0, 0.05) is 25.8 Å². The number of aliphatic hydroxyl groups is 1. The first kappa shape index (κ1) is 13.5. The Bertz CT molecular complexity index is 388. The lowest BCUT2D eigenvalue weighted by Gasteiger charge is -2.28. The van der Waals surface area contributed by atoms with E-state index in [-0.39, 0.29) is 0 Å². The van der Waals surface area contributed by atoms with Gasteiger partial charge in [0.25, 0.3) is 0 Å². The predicted octanol–water partition coefficient (Wildman–Crippen LogP) is 1.28. The smallest absolute Gasteiger partial charge is 0.0774 e. The van der Waals surface area contributed by atoms with Gasteiger partial charge in [0.2, 0.25) is 0 Å². The highest BCUT2D eigenvalue weighted by Crippen LogP contribution is 2.30. The molecule has 4 heteroatoms. The van der Waals surface area contributed by atoms with Crippen LogP contribution < -0.4 is 5.73 Å². The summed E-state index contributed by atoms with van der Waals surface area (Å²) in [7, 11) is 2.05. The number of pyridine rings is 1. The number of rotatable bonds is 5. The van der Waals surface area contributed by atoms with Crippen LogP contribution in [0.3, 0.4) is 0 Å². The third-order valence-electron chi connectivity index (χ3n) is 3.72. The minimum absolute atomic E-state index is 0.467. The van der Waals surface area contributed by atoms with Crippen molar-refractivity contribution >= 4 is 0 Å². The van der Waals surface area contributed by atoms with Crippen LogP contribution in [0.2, 0.25) is 0 Å².